The van der Waals surface area contributed by atoms with E-state index in [1.165, 1.54) is 11.1 Å². The zero-order valence-corrected chi connectivity index (χ0v) is 18.2. The number of fused-ring (bicyclic) bond motifs is 2. The molecule has 2 aromatic carbocycles. The molecular weight excluding hydrogens is 398 g/mol. The van der Waals surface area contributed by atoms with E-state index in [4.69, 9.17) is 11.0 Å². The molecule has 1 aliphatic rings. The molecule has 4 N–H and O–H groups in total. The average Bonchev–Trinajstić information content (AvgIpc) is 3.35. The summed E-state index contributed by atoms with van der Waals surface area (Å²) >= 11 is 0. The number of aryl methyl sites for hydroxylation is 1. The molecule has 1 unspecified atom stereocenters. The number of pyridine rings is 1. The third kappa shape index (κ3) is 3.88. The Kier molecular flexibility index (Phi) is 5.00. The molecule has 4 aromatic rings. The fraction of sp³-hybridized carbons (Fsp3) is 0.240. The molecule has 0 saturated heterocycles. The van der Waals surface area contributed by atoms with E-state index in [0.29, 0.717) is 17.0 Å². The Morgan fingerprint density at radius 1 is 1.12 bits per heavy atom. The monoisotopic (exact) mass is 423 g/mol. The lowest BCUT2D eigenvalue weighted by atomic mass is 10.0. The maximum absolute atomic E-state index is 9.11. The summed E-state index contributed by atoms with van der Waals surface area (Å²) in [6.45, 7) is 3.56. The van der Waals surface area contributed by atoms with Gasteiger partial charge >= 0.3 is 0 Å². The highest BCUT2D eigenvalue weighted by molar-refractivity contribution is 5.79. The molecule has 0 aliphatic carbocycles. The average molecular weight is 424 g/mol. The number of hydrogen-bond acceptors (Lipinski definition) is 6. The van der Waals surface area contributed by atoms with Gasteiger partial charge in [-0.3, -0.25) is 4.90 Å². The highest BCUT2D eigenvalue weighted by Gasteiger charge is 2.25. The van der Waals surface area contributed by atoms with Crippen LogP contribution in [0.5, 0.6) is 0 Å². The van der Waals surface area contributed by atoms with Gasteiger partial charge in [0.2, 0.25) is 0 Å². The van der Waals surface area contributed by atoms with Gasteiger partial charge in [0, 0.05) is 24.3 Å². The van der Waals surface area contributed by atoms with E-state index in [0.717, 1.165) is 47.7 Å². The maximum Gasteiger partial charge on any atom is 0.180 e. The van der Waals surface area contributed by atoms with Gasteiger partial charge < -0.3 is 16.0 Å². The summed E-state index contributed by atoms with van der Waals surface area (Å²) in [4.78, 5) is 14.4. The van der Waals surface area contributed by atoms with Crippen molar-refractivity contribution in [3.05, 3.63) is 82.2 Å². The van der Waals surface area contributed by atoms with Crippen molar-refractivity contribution in [1.29, 1.82) is 5.26 Å². The first-order chi connectivity index (χ1) is 15.5. The van der Waals surface area contributed by atoms with E-state index < -0.39 is 0 Å². The van der Waals surface area contributed by atoms with Gasteiger partial charge in [-0.25, -0.2) is 9.97 Å². The van der Waals surface area contributed by atoms with E-state index in [9.17, 15) is 0 Å². The summed E-state index contributed by atoms with van der Waals surface area (Å²) in [5.41, 5.74) is 14.3. The number of nitrogens with one attached hydrogen (secondary N) is 2. The second-order valence-corrected chi connectivity index (χ2v) is 8.53. The quantitative estimate of drug-likeness (QED) is 0.447. The predicted molar refractivity (Wildman–Crippen MR) is 126 cm³/mol. The van der Waals surface area contributed by atoms with Crippen molar-refractivity contribution < 1.29 is 0 Å². The van der Waals surface area contributed by atoms with Crippen LogP contribution in [0, 0.1) is 18.3 Å². The number of nitrogens with zero attached hydrogens (tertiary/aromatic N) is 4. The van der Waals surface area contributed by atoms with Crippen molar-refractivity contribution in [3.8, 4) is 6.07 Å². The Balaban J connectivity index is 1.32. The highest BCUT2D eigenvalue weighted by Crippen LogP contribution is 2.37. The van der Waals surface area contributed by atoms with Gasteiger partial charge in [-0.15, -0.1) is 0 Å². The second-order valence-electron chi connectivity index (χ2n) is 8.53. The minimum Gasteiger partial charge on any atom is -0.384 e. The largest absolute Gasteiger partial charge is 0.384 e. The van der Waals surface area contributed by atoms with E-state index in [-0.39, 0.29) is 6.04 Å². The zero-order chi connectivity index (χ0) is 22.2. The maximum atomic E-state index is 9.11. The number of anilines is 2. The Hall–Kier alpha value is -3.89. The third-order valence-corrected chi connectivity index (χ3v) is 5.89. The van der Waals surface area contributed by atoms with Gasteiger partial charge in [-0.2, -0.15) is 5.26 Å². The molecule has 3 heterocycles. The fourth-order valence-corrected chi connectivity index (χ4v) is 4.54. The molecule has 1 aliphatic heterocycles. The van der Waals surface area contributed by atoms with Gasteiger partial charge in [0.25, 0.3) is 0 Å². The predicted octanol–water partition coefficient (Wildman–Crippen LogP) is 4.06. The molecule has 5 rings (SSSR count). The second kappa shape index (κ2) is 7.98. The van der Waals surface area contributed by atoms with E-state index >= 15 is 0 Å². The summed E-state index contributed by atoms with van der Waals surface area (Å²) < 4.78 is 0. The van der Waals surface area contributed by atoms with Gasteiger partial charge in [0.05, 0.1) is 23.2 Å². The molecule has 0 bridgehead atoms. The van der Waals surface area contributed by atoms with Gasteiger partial charge in [-0.05, 0) is 61.3 Å². The first-order valence-electron chi connectivity index (χ1n) is 10.7. The van der Waals surface area contributed by atoms with Crippen molar-refractivity contribution in [3.63, 3.8) is 0 Å². The number of imidazole rings is 1. The molecular formula is C25H25N7. The molecule has 0 fully saturated rings. The van der Waals surface area contributed by atoms with Crippen molar-refractivity contribution >= 4 is 22.7 Å². The molecule has 7 nitrogen and oxygen atoms in total. The van der Waals surface area contributed by atoms with Crippen LogP contribution in [-0.4, -0.2) is 26.9 Å². The number of benzene rings is 2. The molecule has 0 saturated carbocycles. The van der Waals surface area contributed by atoms with E-state index in [2.05, 4.69) is 62.6 Å². The molecule has 1 atom stereocenters. The van der Waals surface area contributed by atoms with Crippen LogP contribution in [-0.2, 0) is 19.5 Å². The molecule has 0 spiro atoms. The van der Waals surface area contributed by atoms with Crippen LogP contribution in [0.4, 0.5) is 11.5 Å². The first-order valence-corrected chi connectivity index (χ1v) is 10.7. The van der Waals surface area contributed by atoms with Crippen LogP contribution in [0.25, 0.3) is 11.2 Å². The lowest BCUT2D eigenvalue weighted by molar-refractivity contribution is 0.319. The van der Waals surface area contributed by atoms with Crippen molar-refractivity contribution in [2.45, 2.75) is 32.5 Å². The molecule has 7 heteroatoms. The Labute approximate surface area is 186 Å². The van der Waals surface area contributed by atoms with Crippen LogP contribution >= 0.6 is 0 Å². The topological polar surface area (TPSA) is 107 Å². The van der Waals surface area contributed by atoms with Crippen LogP contribution in [0.2, 0.25) is 0 Å². The lowest BCUT2D eigenvalue weighted by Gasteiger charge is -2.17. The summed E-state index contributed by atoms with van der Waals surface area (Å²) in [5, 5.41) is 12.8. The smallest absolute Gasteiger partial charge is 0.180 e. The zero-order valence-electron chi connectivity index (χ0n) is 18.2. The Morgan fingerprint density at radius 3 is 2.75 bits per heavy atom. The van der Waals surface area contributed by atoms with Crippen molar-refractivity contribution in [2.75, 3.05) is 18.1 Å². The summed E-state index contributed by atoms with van der Waals surface area (Å²) in [6, 6.07) is 18.7. The number of nitrogen functional groups attached to an aromatic ring is 1. The van der Waals surface area contributed by atoms with Gasteiger partial charge in [-0.1, -0.05) is 24.3 Å². The SMILES string of the molecule is Cc1nc2nc(N)cc(C3Cc4cc(CN(C)Cc5cccc(C#N)c5)ccc4N3)c2[nH]1. The fourth-order valence-electron chi connectivity index (χ4n) is 4.54. The minimum absolute atomic E-state index is 0.124. The standard InChI is InChI=1S/C25H25N7/c1-15-28-24-20(11-23(27)31-25(24)29-15)22-10-19-9-18(6-7-21(19)30-22)14-32(2)13-17-5-3-4-16(8-17)12-26/h3-9,11,22,30H,10,13-14H2,1-2H3,(H3,27,28,29,31). The van der Waals surface area contributed by atoms with Crippen LogP contribution in [0.3, 0.4) is 0 Å². The number of aromatic amines is 1. The highest BCUT2D eigenvalue weighted by atomic mass is 15.1. The number of aromatic nitrogens is 3. The molecule has 2 aromatic heterocycles. The number of nitrogens with two attached hydrogens (primary N) is 1. The Morgan fingerprint density at radius 2 is 1.94 bits per heavy atom. The molecule has 0 radical (unpaired) electrons. The van der Waals surface area contributed by atoms with Crippen molar-refractivity contribution in [2.24, 2.45) is 0 Å². The molecule has 0 amide bonds. The number of nitriles is 1. The van der Waals surface area contributed by atoms with E-state index in [1.807, 2.05) is 31.2 Å². The molecule has 32 heavy (non-hydrogen) atoms. The van der Waals surface area contributed by atoms with Gasteiger partial charge in [0.1, 0.15) is 11.6 Å². The summed E-state index contributed by atoms with van der Waals surface area (Å²) in [7, 11) is 2.10. The summed E-state index contributed by atoms with van der Waals surface area (Å²) in [5.74, 6) is 1.32. The summed E-state index contributed by atoms with van der Waals surface area (Å²) in [6.07, 6.45) is 0.883. The minimum atomic E-state index is 0.124. The number of H-pyrrole nitrogens is 1. The van der Waals surface area contributed by atoms with Crippen molar-refractivity contribution in [1.82, 2.24) is 19.9 Å². The van der Waals surface area contributed by atoms with Gasteiger partial charge in [0.15, 0.2) is 5.65 Å². The molecule has 160 valence electrons. The number of hydrogen-bond donors (Lipinski definition) is 3. The van der Waals surface area contributed by atoms with E-state index in [1.54, 1.807) is 0 Å². The lowest BCUT2D eigenvalue weighted by Crippen LogP contribution is -2.17. The Bertz CT molecular complexity index is 1350. The normalized spacial score (nSPS) is 15.0. The third-order valence-electron chi connectivity index (χ3n) is 5.89. The van der Waals surface area contributed by atoms with Crippen LogP contribution in [0.1, 0.15) is 39.7 Å². The van der Waals surface area contributed by atoms with Crippen LogP contribution in [0.15, 0.2) is 48.5 Å². The van der Waals surface area contributed by atoms with Crippen LogP contribution < -0.4 is 11.1 Å². The number of rotatable bonds is 5. The first kappa shape index (κ1) is 20.0.